The minimum Gasteiger partial charge on any atom is -0.279 e. The Morgan fingerprint density at radius 1 is 1.83 bits per heavy atom. The van der Waals surface area contributed by atoms with Crippen LogP contribution in [0.3, 0.4) is 0 Å². The molecule has 0 atom stereocenters. The standard InChI is InChI=1S/C3H7NOS/c1-3(6)4-5-2/h1-2H3,(H,4,6). The van der Waals surface area contributed by atoms with Crippen molar-refractivity contribution in [2.45, 2.75) is 6.92 Å². The molecule has 6 heavy (non-hydrogen) atoms. The van der Waals surface area contributed by atoms with Crippen LogP contribution in [0.25, 0.3) is 0 Å². The van der Waals surface area contributed by atoms with Gasteiger partial charge < -0.3 is 0 Å². The Hall–Kier alpha value is -0.150. The molecule has 0 bridgehead atoms. The van der Waals surface area contributed by atoms with Gasteiger partial charge >= 0.3 is 0 Å². The molecule has 0 spiro atoms. The molecular weight excluding hydrogens is 98.1 g/mol. The normalized spacial score (nSPS) is 7.67. The highest BCUT2D eigenvalue weighted by Gasteiger charge is 1.73. The molecule has 0 unspecified atom stereocenters. The monoisotopic (exact) mass is 105 g/mol. The molecular formula is C3H7NOS. The lowest BCUT2D eigenvalue weighted by Crippen LogP contribution is -2.15. The first kappa shape index (κ1) is 5.85. The van der Waals surface area contributed by atoms with Crippen molar-refractivity contribution in [1.29, 1.82) is 0 Å². The zero-order valence-electron chi connectivity index (χ0n) is 3.82. The Balaban J connectivity index is 2.83. The second-order valence-corrected chi connectivity index (χ2v) is 1.47. The minimum absolute atomic E-state index is 0.650. The fourth-order valence-corrected chi connectivity index (χ4v) is 0.227. The van der Waals surface area contributed by atoms with Crippen LogP contribution in [0.2, 0.25) is 0 Å². The number of thiocarbonyl (C=S) groups is 1. The van der Waals surface area contributed by atoms with Crippen LogP contribution >= 0.6 is 12.2 Å². The second-order valence-electron chi connectivity index (χ2n) is 0.862. The first-order chi connectivity index (χ1) is 2.77. The van der Waals surface area contributed by atoms with Gasteiger partial charge in [0.05, 0.1) is 12.1 Å². The van der Waals surface area contributed by atoms with Crippen LogP contribution in [0.15, 0.2) is 0 Å². The Kier molecular flexibility index (Phi) is 2.98. The van der Waals surface area contributed by atoms with Crippen molar-refractivity contribution < 1.29 is 4.84 Å². The van der Waals surface area contributed by atoms with Gasteiger partial charge in [-0.15, -0.1) is 0 Å². The summed E-state index contributed by atoms with van der Waals surface area (Å²) in [5.74, 6) is 0. The van der Waals surface area contributed by atoms with E-state index in [2.05, 4.69) is 22.5 Å². The Morgan fingerprint density at radius 2 is 2.33 bits per heavy atom. The van der Waals surface area contributed by atoms with Crippen molar-refractivity contribution in [2.75, 3.05) is 7.11 Å². The molecule has 1 N–H and O–H groups in total. The van der Waals surface area contributed by atoms with Gasteiger partial charge in [-0.2, -0.15) is 0 Å². The quantitative estimate of drug-likeness (QED) is 0.387. The highest BCUT2D eigenvalue weighted by Crippen LogP contribution is 1.62. The van der Waals surface area contributed by atoms with E-state index >= 15 is 0 Å². The third-order valence-corrected chi connectivity index (χ3v) is 0.329. The van der Waals surface area contributed by atoms with E-state index in [1.165, 1.54) is 7.11 Å². The van der Waals surface area contributed by atoms with Gasteiger partial charge in [-0.3, -0.25) is 10.3 Å². The molecule has 0 amide bonds. The van der Waals surface area contributed by atoms with Crippen LogP contribution in [0.4, 0.5) is 0 Å². The van der Waals surface area contributed by atoms with Gasteiger partial charge in [0.2, 0.25) is 0 Å². The molecule has 3 heteroatoms. The van der Waals surface area contributed by atoms with E-state index < -0.39 is 0 Å². The maximum absolute atomic E-state index is 4.56. The Morgan fingerprint density at radius 3 is 2.33 bits per heavy atom. The van der Waals surface area contributed by atoms with Crippen LogP contribution in [0, 0.1) is 0 Å². The van der Waals surface area contributed by atoms with Crippen LogP contribution in [0.1, 0.15) is 6.92 Å². The summed E-state index contributed by atoms with van der Waals surface area (Å²) in [6.07, 6.45) is 0. The second kappa shape index (κ2) is 3.06. The van der Waals surface area contributed by atoms with E-state index in [9.17, 15) is 0 Å². The van der Waals surface area contributed by atoms with Gasteiger partial charge in [-0.25, -0.2) is 0 Å². The molecule has 0 saturated carbocycles. The highest BCUT2D eigenvalue weighted by molar-refractivity contribution is 7.80. The summed E-state index contributed by atoms with van der Waals surface area (Å²) in [6.45, 7) is 1.75. The number of nitrogens with one attached hydrogen (secondary N) is 1. The molecule has 0 aliphatic carbocycles. The number of hydroxylamine groups is 1. The maximum atomic E-state index is 4.56. The van der Waals surface area contributed by atoms with Crippen molar-refractivity contribution in [3.05, 3.63) is 0 Å². The van der Waals surface area contributed by atoms with E-state index in [-0.39, 0.29) is 0 Å². The summed E-state index contributed by atoms with van der Waals surface area (Å²) in [6, 6.07) is 0. The molecule has 0 aromatic heterocycles. The van der Waals surface area contributed by atoms with E-state index in [1.54, 1.807) is 6.92 Å². The summed E-state index contributed by atoms with van der Waals surface area (Å²) in [5.41, 5.74) is 2.44. The van der Waals surface area contributed by atoms with Crippen molar-refractivity contribution in [1.82, 2.24) is 5.48 Å². The lowest BCUT2D eigenvalue weighted by atomic mass is 10.8. The lowest BCUT2D eigenvalue weighted by Gasteiger charge is -1.93. The van der Waals surface area contributed by atoms with Crippen molar-refractivity contribution >= 4 is 17.2 Å². The minimum atomic E-state index is 0.650. The van der Waals surface area contributed by atoms with Gasteiger partial charge in [0.1, 0.15) is 0 Å². The molecule has 0 aromatic carbocycles. The van der Waals surface area contributed by atoms with E-state index in [1.807, 2.05) is 0 Å². The zero-order chi connectivity index (χ0) is 4.99. The SMILES string of the molecule is CONC(C)=S. The van der Waals surface area contributed by atoms with Crippen LogP contribution < -0.4 is 5.48 Å². The summed E-state index contributed by atoms with van der Waals surface area (Å²) in [7, 11) is 1.52. The molecule has 2 nitrogen and oxygen atoms in total. The molecule has 0 saturated heterocycles. The summed E-state index contributed by atoms with van der Waals surface area (Å²) in [4.78, 5) is 5.06. The summed E-state index contributed by atoms with van der Waals surface area (Å²) in [5, 5.41) is 0. The predicted octanol–water partition coefficient (Wildman–Crippen LogP) is 0.485. The number of hydrogen-bond acceptors (Lipinski definition) is 2. The molecule has 0 rings (SSSR count). The van der Waals surface area contributed by atoms with Gasteiger partial charge in [0.15, 0.2) is 0 Å². The maximum Gasteiger partial charge on any atom is 0.0973 e. The fraction of sp³-hybridized carbons (Fsp3) is 0.667. The van der Waals surface area contributed by atoms with Crippen molar-refractivity contribution in [3.8, 4) is 0 Å². The van der Waals surface area contributed by atoms with Crippen molar-refractivity contribution in [3.63, 3.8) is 0 Å². The molecule has 36 valence electrons. The lowest BCUT2D eigenvalue weighted by molar-refractivity contribution is 0.146. The smallest absolute Gasteiger partial charge is 0.0973 e. The molecule has 0 radical (unpaired) electrons. The Bertz CT molecular complexity index is 54.8. The van der Waals surface area contributed by atoms with Crippen LogP contribution in [-0.2, 0) is 4.84 Å². The average molecular weight is 105 g/mol. The fourth-order valence-electron chi connectivity index (χ4n) is 0.144. The van der Waals surface area contributed by atoms with Gasteiger partial charge in [-0.05, 0) is 6.92 Å². The first-order valence-corrected chi connectivity index (χ1v) is 1.97. The molecule has 0 fully saturated rings. The van der Waals surface area contributed by atoms with E-state index in [0.717, 1.165) is 0 Å². The third kappa shape index (κ3) is 3.85. The largest absolute Gasteiger partial charge is 0.279 e. The van der Waals surface area contributed by atoms with Gasteiger partial charge in [0, 0.05) is 0 Å². The molecule has 0 aromatic rings. The van der Waals surface area contributed by atoms with E-state index in [4.69, 9.17) is 0 Å². The van der Waals surface area contributed by atoms with Crippen LogP contribution in [0.5, 0.6) is 0 Å². The highest BCUT2D eigenvalue weighted by atomic mass is 32.1. The summed E-state index contributed by atoms with van der Waals surface area (Å²) < 4.78 is 0. The molecule has 0 heterocycles. The number of hydrogen-bond donors (Lipinski definition) is 1. The van der Waals surface area contributed by atoms with Crippen molar-refractivity contribution in [2.24, 2.45) is 0 Å². The Labute approximate surface area is 42.4 Å². The topological polar surface area (TPSA) is 21.3 Å². The van der Waals surface area contributed by atoms with Gasteiger partial charge in [-0.1, -0.05) is 12.2 Å². The predicted molar refractivity (Wildman–Crippen MR) is 28.4 cm³/mol. The van der Waals surface area contributed by atoms with E-state index in [0.29, 0.717) is 4.99 Å². The van der Waals surface area contributed by atoms with Gasteiger partial charge in [0.25, 0.3) is 0 Å². The number of rotatable bonds is 1. The van der Waals surface area contributed by atoms with Crippen LogP contribution in [-0.4, -0.2) is 12.1 Å². The first-order valence-electron chi connectivity index (χ1n) is 1.57. The zero-order valence-corrected chi connectivity index (χ0v) is 4.63. The molecule has 0 aliphatic rings. The summed E-state index contributed by atoms with van der Waals surface area (Å²) >= 11 is 4.56. The third-order valence-electron chi connectivity index (χ3n) is 0.246. The average Bonchev–Trinajstić information content (AvgIpc) is 1.35. The molecule has 0 aliphatic heterocycles.